The topological polar surface area (TPSA) is 137 Å². The largest absolute Gasteiger partial charge is 0.490 e. The number of carbonyl (C=O) groups excluding carboxylic acids is 2. The SMILES string of the molecule is NS(=O)(=O)c1ccc(OCCOC(=O)c2ccc(NC(=O)Nc3ccccc3)cc2)cc1. The molecule has 166 valence electrons. The third-order valence-corrected chi connectivity index (χ3v) is 5.08. The van der Waals surface area contributed by atoms with Crippen molar-refractivity contribution >= 4 is 33.4 Å². The number of carbonyl (C=O) groups is 2. The number of esters is 1. The van der Waals surface area contributed by atoms with Crippen LogP contribution in [0, 0.1) is 0 Å². The van der Waals surface area contributed by atoms with E-state index in [1.165, 1.54) is 36.4 Å². The predicted octanol–water partition coefficient (Wildman–Crippen LogP) is 3.21. The van der Waals surface area contributed by atoms with E-state index < -0.39 is 22.0 Å². The number of amides is 2. The first kappa shape index (κ1) is 22.8. The fourth-order valence-electron chi connectivity index (χ4n) is 2.61. The van der Waals surface area contributed by atoms with Gasteiger partial charge in [-0.25, -0.2) is 23.1 Å². The van der Waals surface area contributed by atoms with Gasteiger partial charge in [0, 0.05) is 11.4 Å². The van der Waals surface area contributed by atoms with Gasteiger partial charge in [-0.3, -0.25) is 0 Å². The number of urea groups is 1. The van der Waals surface area contributed by atoms with E-state index in [2.05, 4.69) is 10.6 Å². The molecule has 9 nitrogen and oxygen atoms in total. The molecule has 2 amide bonds. The van der Waals surface area contributed by atoms with Crippen molar-refractivity contribution in [2.24, 2.45) is 5.14 Å². The fourth-order valence-corrected chi connectivity index (χ4v) is 3.12. The van der Waals surface area contributed by atoms with Crippen molar-refractivity contribution < 1.29 is 27.5 Å². The van der Waals surface area contributed by atoms with Gasteiger partial charge in [0.15, 0.2) is 0 Å². The van der Waals surface area contributed by atoms with Crippen molar-refractivity contribution in [2.45, 2.75) is 4.90 Å². The summed E-state index contributed by atoms with van der Waals surface area (Å²) in [5, 5.41) is 10.4. The number of anilines is 2. The molecule has 0 spiro atoms. The molecule has 4 N–H and O–H groups in total. The minimum absolute atomic E-state index is 0.00471. The second-order valence-corrected chi connectivity index (χ2v) is 8.08. The highest BCUT2D eigenvalue weighted by atomic mass is 32.2. The third-order valence-electron chi connectivity index (χ3n) is 4.15. The molecular weight excluding hydrogens is 434 g/mol. The summed E-state index contributed by atoms with van der Waals surface area (Å²) < 4.78 is 33.0. The van der Waals surface area contributed by atoms with Crippen LogP contribution in [0.4, 0.5) is 16.2 Å². The predicted molar refractivity (Wildman–Crippen MR) is 119 cm³/mol. The molecule has 0 fully saturated rings. The molecule has 0 aliphatic carbocycles. The van der Waals surface area contributed by atoms with E-state index in [9.17, 15) is 18.0 Å². The number of hydrogen-bond donors (Lipinski definition) is 3. The molecule has 0 bridgehead atoms. The Bertz CT molecular complexity index is 1160. The molecule has 0 saturated heterocycles. The Morgan fingerprint density at radius 3 is 1.97 bits per heavy atom. The van der Waals surface area contributed by atoms with Gasteiger partial charge in [0.1, 0.15) is 19.0 Å². The third kappa shape index (κ3) is 6.83. The summed E-state index contributed by atoms with van der Waals surface area (Å²) in [6.07, 6.45) is 0. The molecule has 0 heterocycles. The van der Waals surface area contributed by atoms with Crippen LogP contribution in [0.25, 0.3) is 0 Å². The number of benzene rings is 3. The minimum Gasteiger partial charge on any atom is -0.490 e. The smallest absolute Gasteiger partial charge is 0.338 e. The molecule has 3 aromatic rings. The average molecular weight is 455 g/mol. The average Bonchev–Trinajstić information content (AvgIpc) is 2.77. The number of primary sulfonamides is 1. The molecular formula is C22H21N3O6S. The molecule has 0 atom stereocenters. The lowest BCUT2D eigenvalue weighted by Crippen LogP contribution is -2.19. The number of rotatable bonds is 8. The molecule has 3 rings (SSSR count). The van der Waals surface area contributed by atoms with Crippen LogP contribution < -0.4 is 20.5 Å². The van der Waals surface area contributed by atoms with Crippen molar-refractivity contribution in [3.63, 3.8) is 0 Å². The van der Waals surface area contributed by atoms with Crippen molar-refractivity contribution in [1.82, 2.24) is 0 Å². The van der Waals surface area contributed by atoms with Gasteiger partial charge >= 0.3 is 12.0 Å². The molecule has 32 heavy (non-hydrogen) atoms. The Hall–Kier alpha value is -3.89. The highest BCUT2D eigenvalue weighted by Crippen LogP contribution is 2.15. The maximum atomic E-state index is 12.1. The summed E-state index contributed by atoms with van der Waals surface area (Å²) in [6, 6.07) is 20.4. The van der Waals surface area contributed by atoms with Crippen molar-refractivity contribution in [1.29, 1.82) is 0 Å². The highest BCUT2D eigenvalue weighted by Gasteiger charge is 2.09. The Kier molecular flexibility index (Phi) is 7.42. The maximum Gasteiger partial charge on any atom is 0.338 e. The van der Waals surface area contributed by atoms with E-state index in [1.807, 2.05) is 18.2 Å². The van der Waals surface area contributed by atoms with Crippen molar-refractivity contribution in [3.05, 3.63) is 84.4 Å². The molecule has 0 saturated carbocycles. The van der Waals surface area contributed by atoms with E-state index in [4.69, 9.17) is 14.6 Å². The normalized spacial score (nSPS) is 10.8. The molecule has 3 aromatic carbocycles. The lowest BCUT2D eigenvalue weighted by molar-refractivity contribution is 0.0450. The summed E-state index contributed by atoms with van der Waals surface area (Å²) in [6.45, 7) is 0.0784. The number of ether oxygens (including phenoxy) is 2. The Labute approximate surface area is 185 Å². The zero-order valence-corrected chi connectivity index (χ0v) is 17.7. The van der Waals surface area contributed by atoms with Crippen LogP contribution in [-0.4, -0.2) is 33.6 Å². The van der Waals surface area contributed by atoms with Gasteiger partial charge in [0.05, 0.1) is 10.5 Å². The summed E-state index contributed by atoms with van der Waals surface area (Å²) in [5.41, 5.74) is 1.49. The Balaban J connectivity index is 1.42. The quantitative estimate of drug-likeness (QED) is 0.352. The van der Waals surface area contributed by atoms with Gasteiger partial charge in [-0.05, 0) is 60.7 Å². The van der Waals surface area contributed by atoms with Crippen LogP contribution >= 0.6 is 0 Å². The minimum atomic E-state index is -3.76. The molecule has 0 unspecified atom stereocenters. The van der Waals surface area contributed by atoms with Crippen LogP contribution in [0.3, 0.4) is 0 Å². The van der Waals surface area contributed by atoms with Gasteiger partial charge in [-0.2, -0.15) is 0 Å². The van der Waals surface area contributed by atoms with E-state index >= 15 is 0 Å². The van der Waals surface area contributed by atoms with Gasteiger partial charge < -0.3 is 20.1 Å². The summed E-state index contributed by atoms with van der Waals surface area (Å²) in [5.74, 6) is -0.129. The molecule has 0 aliphatic heterocycles. The van der Waals surface area contributed by atoms with Gasteiger partial charge in [0.2, 0.25) is 10.0 Å². The summed E-state index contributed by atoms with van der Waals surface area (Å²) in [4.78, 5) is 24.1. The summed E-state index contributed by atoms with van der Waals surface area (Å²) >= 11 is 0. The van der Waals surface area contributed by atoms with Crippen LogP contribution in [0.2, 0.25) is 0 Å². The molecule has 0 radical (unpaired) electrons. The van der Waals surface area contributed by atoms with Crippen LogP contribution in [-0.2, 0) is 14.8 Å². The van der Waals surface area contributed by atoms with Gasteiger partial charge in [0.25, 0.3) is 0 Å². The second kappa shape index (κ2) is 10.4. The summed E-state index contributed by atoms with van der Waals surface area (Å²) in [7, 11) is -3.76. The Morgan fingerprint density at radius 2 is 1.38 bits per heavy atom. The van der Waals surface area contributed by atoms with E-state index in [1.54, 1.807) is 24.3 Å². The van der Waals surface area contributed by atoms with Crippen LogP contribution in [0.15, 0.2) is 83.8 Å². The van der Waals surface area contributed by atoms with Crippen LogP contribution in [0.1, 0.15) is 10.4 Å². The van der Waals surface area contributed by atoms with Crippen molar-refractivity contribution in [2.75, 3.05) is 23.8 Å². The molecule has 10 heteroatoms. The first-order valence-corrected chi connectivity index (χ1v) is 11.0. The van der Waals surface area contributed by atoms with E-state index in [0.717, 1.165) is 0 Å². The number of sulfonamides is 1. The lowest BCUT2D eigenvalue weighted by Gasteiger charge is -2.09. The zero-order valence-electron chi connectivity index (χ0n) is 16.9. The number of hydrogen-bond acceptors (Lipinski definition) is 6. The molecule has 0 aliphatic rings. The first-order chi connectivity index (χ1) is 15.3. The number of nitrogens with two attached hydrogens (primary N) is 1. The standard InChI is InChI=1S/C22H21N3O6S/c23-32(28,29)20-12-10-19(11-13-20)30-14-15-31-21(26)16-6-8-18(9-7-16)25-22(27)24-17-4-2-1-3-5-17/h1-13H,14-15H2,(H2,23,28,29)(H2,24,25,27). The van der Waals surface area contributed by atoms with Crippen molar-refractivity contribution in [3.8, 4) is 5.75 Å². The number of nitrogens with one attached hydrogen (secondary N) is 2. The first-order valence-electron chi connectivity index (χ1n) is 9.47. The van der Waals surface area contributed by atoms with E-state index in [-0.39, 0.29) is 18.1 Å². The monoisotopic (exact) mass is 455 g/mol. The molecule has 0 aromatic heterocycles. The fraction of sp³-hybridized carbons (Fsp3) is 0.0909. The van der Waals surface area contributed by atoms with Gasteiger partial charge in [-0.1, -0.05) is 18.2 Å². The number of para-hydroxylation sites is 1. The van der Waals surface area contributed by atoms with Gasteiger partial charge in [-0.15, -0.1) is 0 Å². The van der Waals surface area contributed by atoms with Crippen LogP contribution in [0.5, 0.6) is 5.75 Å². The van der Waals surface area contributed by atoms with E-state index in [0.29, 0.717) is 22.7 Å². The zero-order chi connectivity index (χ0) is 23.0. The lowest BCUT2D eigenvalue weighted by atomic mass is 10.2. The highest BCUT2D eigenvalue weighted by molar-refractivity contribution is 7.89. The Morgan fingerprint density at radius 1 is 0.781 bits per heavy atom. The maximum absolute atomic E-state index is 12.1. The second-order valence-electron chi connectivity index (χ2n) is 6.52.